The number of carbonyl (C=O) groups is 1. The largest absolute Gasteiger partial charge is 0.772 e. The number of urea groups is 1. The van der Waals surface area contributed by atoms with E-state index >= 15 is 0 Å². The van der Waals surface area contributed by atoms with Gasteiger partial charge in [-0.1, -0.05) is 26.0 Å². The molecule has 2 heterocycles. The molecule has 0 aliphatic heterocycles. The number of benzene rings is 1. The molecule has 2 amide bonds. The highest BCUT2D eigenvalue weighted by Crippen LogP contribution is 2.33. The Morgan fingerprint density at radius 3 is 2.74 bits per heavy atom. The van der Waals surface area contributed by atoms with E-state index < -0.39 is 22.4 Å². The number of aromatic nitrogens is 2. The lowest BCUT2D eigenvalue weighted by Gasteiger charge is -2.17. The van der Waals surface area contributed by atoms with Crippen LogP contribution in [0.15, 0.2) is 48.9 Å². The quantitative estimate of drug-likeness (QED) is 0.479. The molecule has 3 rings (SSSR count). The Labute approximate surface area is 187 Å². The highest BCUT2D eigenvalue weighted by atomic mass is 32.2. The van der Waals surface area contributed by atoms with Crippen molar-refractivity contribution in [3.05, 3.63) is 64.9 Å². The summed E-state index contributed by atoms with van der Waals surface area (Å²) < 4.78 is 29.4. The summed E-state index contributed by atoms with van der Waals surface area (Å²) in [7, 11) is 0. The normalized spacial score (nSPS) is 12.9. The summed E-state index contributed by atoms with van der Waals surface area (Å²) in [6.45, 7) is 6.56. The first-order chi connectivity index (χ1) is 14.8. The molecule has 0 aliphatic rings. The number of nitrogens with zero attached hydrogens (tertiary/aromatic N) is 2. The van der Waals surface area contributed by atoms with Crippen LogP contribution in [0.4, 0.5) is 15.6 Å². The second-order valence-corrected chi connectivity index (χ2v) is 9.33. The van der Waals surface area contributed by atoms with Gasteiger partial charge >= 0.3 is 6.03 Å². The van der Waals surface area contributed by atoms with E-state index in [2.05, 4.69) is 20.6 Å². The van der Waals surface area contributed by atoms with Crippen LogP contribution in [0.1, 0.15) is 35.1 Å². The number of hydrogen-bond donors (Lipinski definition) is 2. The zero-order valence-electron chi connectivity index (χ0n) is 17.3. The monoisotopic (exact) mass is 459 g/mol. The molecule has 1 aromatic carbocycles. The van der Waals surface area contributed by atoms with E-state index in [1.165, 1.54) is 12.4 Å². The molecule has 0 bridgehead atoms. The Morgan fingerprint density at radius 2 is 2.06 bits per heavy atom. The molecular weight excluding hydrogens is 436 g/mol. The molecule has 2 aromatic heterocycles. The minimum atomic E-state index is -2.41. The van der Waals surface area contributed by atoms with Gasteiger partial charge in [-0.2, -0.15) is 0 Å². The number of pyridine rings is 1. The molecule has 0 spiro atoms. The molecule has 0 fully saturated rings. The first-order valence-electron chi connectivity index (χ1n) is 9.58. The van der Waals surface area contributed by atoms with Crippen LogP contribution in [0.3, 0.4) is 0 Å². The first kappa shape index (κ1) is 22.9. The molecule has 0 radical (unpaired) electrons. The van der Waals surface area contributed by atoms with Crippen molar-refractivity contribution >= 4 is 39.3 Å². The lowest BCUT2D eigenvalue weighted by molar-refractivity contribution is 0.260. The van der Waals surface area contributed by atoms with E-state index in [1.54, 1.807) is 24.4 Å². The number of thiazole rings is 1. The van der Waals surface area contributed by atoms with E-state index in [0.29, 0.717) is 34.4 Å². The number of anilines is 2. The molecule has 2 unspecified atom stereocenters. The topological polar surface area (TPSA) is 116 Å². The molecule has 2 atom stereocenters. The Bertz CT molecular complexity index is 1060. The Morgan fingerprint density at radius 1 is 1.26 bits per heavy atom. The standard InChI is InChI=1S/C21H24N4O4S2/c1-13(2)12-29-17-9-14(3)6-7-16(17)24-20(26)25-21-23-11-18(30-21)19(31(27)28)15-5-4-8-22-10-15/h4-11,13,19H,12H2,1-3H3,(H,27,28)(H2,23,24,25,26)/p-1. The van der Waals surface area contributed by atoms with Gasteiger partial charge in [-0.05, 0) is 53.2 Å². The van der Waals surface area contributed by atoms with Crippen LogP contribution in [0.25, 0.3) is 0 Å². The summed E-state index contributed by atoms with van der Waals surface area (Å²) >= 11 is -1.32. The van der Waals surface area contributed by atoms with E-state index in [1.807, 2.05) is 32.9 Å². The number of hydrogen-bond acceptors (Lipinski definition) is 7. The molecular formula is C21H23N4O4S2-. The highest BCUT2D eigenvalue weighted by molar-refractivity contribution is 7.79. The molecule has 10 heteroatoms. The van der Waals surface area contributed by atoms with Crippen molar-refractivity contribution in [1.29, 1.82) is 0 Å². The molecule has 0 aliphatic carbocycles. The Kier molecular flexibility index (Phi) is 7.72. The maximum Gasteiger partial charge on any atom is 0.325 e. The van der Waals surface area contributed by atoms with Crippen molar-refractivity contribution in [1.82, 2.24) is 9.97 Å². The van der Waals surface area contributed by atoms with Crippen LogP contribution >= 0.6 is 11.3 Å². The van der Waals surface area contributed by atoms with Gasteiger partial charge in [-0.25, -0.2) is 9.78 Å². The van der Waals surface area contributed by atoms with Gasteiger partial charge in [-0.15, -0.1) is 11.3 Å². The van der Waals surface area contributed by atoms with Crippen molar-refractivity contribution in [2.24, 2.45) is 5.92 Å². The van der Waals surface area contributed by atoms with Gasteiger partial charge in [0.15, 0.2) is 5.13 Å². The van der Waals surface area contributed by atoms with E-state index in [4.69, 9.17) is 4.74 Å². The van der Waals surface area contributed by atoms with Gasteiger partial charge in [0.05, 0.1) is 17.5 Å². The van der Waals surface area contributed by atoms with Crippen molar-refractivity contribution in [3.8, 4) is 5.75 Å². The summed E-state index contributed by atoms with van der Waals surface area (Å²) in [6.07, 6.45) is 4.51. The molecule has 31 heavy (non-hydrogen) atoms. The Balaban J connectivity index is 1.71. The fraction of sp³-hybridized carbons (Fsp3) is 0.286. The third-order valence-corrected chi connectivity index (χ3v) is 6.18. The zero-order valence-corrected chi connectivity index (χ0v) is 19.0. The van der Waals surface area contributed by atoms with Gasteiger partial charge in [0.1, 0.15) is 5.75 Å². The number of rotatable bonds is 8. The predicted octanol–water partition coefficient (Wildman–Crippen LogP) is 4.49. The van der Waals surface area contributed by atoms with Crippen molar-refractivity contribution < 1.29 is 18.3 Å². The fourth-order valence-corrected chi connectivity index (χ4v) is 4.54. The summed E-state index contributed by atoms with van der Waals surface area (Å²) in [5.74, 6) is 0.928. The van der Waals surface area contributed by atoms with Crippen LogP contribution in [-0.2, 0) is 11.1 Å². The third kappa shape index (κ3) is 6.33. The second-order valence-electron chi connectivity index (χ2n) is 7.28. The van der Waals surface area contributed by atoms with E-state index in [9.17, 15) is 13.6 Å². The maximum absolute atomic E-state index is 12.5. The molecule has 164 valence electrons. The molecule has 0 saturated heterocycles. The van der Waals surface area contributed by atoms with Gasteiger partial charge in [0.25, 0.3) is 0 Å². The lowest BCUT2D eigenvalue weighted by Crippen LogP contribution is -2.20. The lowest BCUT2D eigenvalue weighted by atomic mass is 10.2. The average molecular weight is 460 g/mol. The predicted molar refractivity (Wildman–Crippen MR) is 121 cm³/mol. The van der Waals surface area contributed by atoms with Crippen molar-refractivity contribution in [2.75, 3.05) is 17.2 Å². The Hall–Kier alpha value is -2.82. The van der Waals surface area contributed by atoms with Gasteiger partial charge in [-0.3, -0.25) is 14.5 Å². The summed E-state index contributed by atoms with van der Waals surface area (Å²) in [5, 5.41) is 4.79. The summed E-state index contributed by atoms with van der Waals surface area (Å²) in [6, 6.07) is 8.37. The summed E-state index contributed by atoms with van der Waals surface area (Å²) in [4.78, 5) is 21.1. The smallest absolute Gasteiger partial charge is 0.325 e. The van der Waals surface area contributed by atoms with Crippen LogP contribution in [0.5, 0.6) is 5.75 Å². The minimum Gasteiger partial charge on any atom is -0.772 e. The van der Waals surface area contributed by atoms with Crippen LogP contribution < -0.4 is 15.4 Å². The van der Waals surface area contributed by atoms with E-state index in [0.717, 1.165) is 16.9 Å². The number of carbonyl (C=O) groups excluding carboxylic acids is 1. The number of nitrogens with one attached hydrogen (secondary N) is 2. The van der Waals surface area contributed by atoms with Crippen molar-refractivity contribution in [2.45, 2.75) is 26.0 Å². The molecule has 0 saturated carbocycles. The fourth-order valence-electron chi connectivity index (χ4n) is 2.73. The molecule has 2 N–H and O–H groups in total. The zero-order chi connectivity index (χ0) is 22.4. The number of aryl methyl sites for hydroxylation is 1. The summed E-state index contributed by atoms with van der Waals surface area (Å²) in [5.41, 5.74) is 2.08. The SMILES string of the molecule is Cc1ccc(NC(=O)Nc2ncc(C(c3cccnc3)S(=O)[O-])s2)c(OCC(C)C)c1. The van der Waals surface area contributed by atoms with E-state index in [-0.39, 0.29) is 5.13 Å². The minimum absolute atomic E-state index is 0.281. The van der Waals surface area contributed by atoms with Gasteiger partial charge in [0.2, 0.25) is 0 Å². The highest BCUT2D eigenvalue weighted by Gasteiger charge is 2.19. The second kappa shape index (κ2) is 10.5. The van der Waals surface area contributed by atoms with Crippen LogP contribution in [0.2, 0.25) is 0 Å². The van der Waals surface area contributed by atoms with Crippen LogP contribution in [-0.4, -0.2) is 31.4 Å². The average Bonchev–Trinajstić information content (AvgIpc) is 3.16. The van der Waals surface area contributed by atoms with Gasteiger partial charge in [0, 0.05) is 23.5 Å². The maximum atomic E-state index is 12.5. The first-order valence-corrected chi connectivity index (χ1v) is 11.5. The van der Waals surface area contributed by atoms with Crippen molar-refractivity contribution in [3.63, 3.8) is 0 Å². The molecule has 3 aromatic rings. The number of amides is 2. The van der Waals surface area contributed by atoms with Crippen LogP contribution in [0, 0.1) is 12.8 Å². The van der Waals surface area contributed by atoms with Gasteiger partial charge < -0.3 is 14.6 Å². The third-order valence-electron chi connectivity index (χ3n) is 4.14. The molecule has 8 nitrogen and oxygen atoms in total. The number of ether oxygens (including phenoxy) is 1.